The van der Waals surface area contributed by atoms with E-state index in [1.54, 1.807) is 5.69 Å². The summed E-state index contributed by atoms with van der Waals surface area (Å²) in [5.74, 6) is 2.19. The molecule has 18 heavy (non-hydrogen) atoms. The SMILES string of the molecule is CC1(Cn2c(C3CC3)nc3c2CCNC3)CCC1. The molecule has 1 aliphatic heterocycles. The Hall–Kier alpha value is -0.830. The number of nitrogens with one attached hydrogen (secondary N) is 1. The first-order valence-corrected chi connectivity index (χ1v) is 7.54. The summed E-state index contributed by atoms with van der Waals surface area (Å²) in [6.07, 6.45) is 8.13. The zero-order valence-corrected chi connectivity index (χ0v) is 11.3. The van der Waals surface area contributed by atoms with Gasteiger partial charge < -0.3 is 9.88 Å². The molecule has 0 unspecified atom stereocenters. The Labute approximate surface area is 109 Å². The zero-order valence-electron chi connectivity index (χ0n) is 11.3. The Balaban J connectivity index is 1.71. The average Bonchev–Trinajstić information content (AvgIpc) is 3.12. The third-order valence-electron chi connectivity index (χ3n) is 5.06. The lowest BCUT2D eigenvalue weighted by Gasteiger charge is -2.39. The Kier molecular flexibility index (Phi) is 2.35. The van der Waals surface area contributed by atoms with Crippen molar-refractivity contribution in [2.24, 2.45) is 5.41 Å². The fraction of sp³-hybridized carbons (Fsp3) is 0.800. The zero-order chi connectivity index (χ0) is 12.2. The van der Waals surface area contributed by atoms with Gasteiger partial charge in [-0.05, 0) is 31.1 Å². The van der Waals surface area contributed by atoms with Gasteiger partial charge >= 0.3 is 0 Å². The fourth-order valence-electron chi connectivity index (χ4n) is 3.54. The first-order valence-electron chi connectivity index (χ1n) is 7.54. The third kappa shape index (κ3) is 1.71. The lowest BCUT2D eigenvalue weighted by Crippen LogP contribution is -2.33. The minimum Gasteiger partial charge on any atom is -0.331 e. The summed E-state index contributed by atoms with van der Waals surface area (Å²) in [6, 6.07) is 0. The molecule has 4 rings (SSSR count). The van der Waals surface area contributed by atoms with E-state index in [-0.39, 0.29) is 0 Å². The molecule has 1 aromatic heterocycles. The molecule has 0 amide bonds. The second-order valence-electron chi connectivity index (χ2n) is 6.81. The molecule has 0 radical (unpaired) electrons. The first-order chi connectivity index (χ1) is 8.75. The highest BCUT2D eigenvalue weighted by molar-refractivity contribution is 5.24. The van der Waals surface area contributed by atoms with Crippen molar-refractivity contribution in [2.75, 3.05) is 6.54 Å². The van der Waals surface area contributed by atoms with E-state index in [1.807, 2.05) is 0 Å². The number of imidazole rings is 1. The molecule has 3 nitrogen and oxygen atoms in total. The topological polar surface area (TPSA) is 29.9 Å². The number of hydrogen-bond acceptors (Lipinski definition) is 2. The van der Waals surface area contributed by atoms with Crippen LogP contribution in [0.15, 0.2) is 0 Å². The van der Waals surface area contributed by atoms with Gasteiger partial charge in [0.05, 0.1) is 5.69 Å². The van der Waals surface area contributed by atoms with Gasteiger partial charge in [-0.1, -0.05) is 13.3 Å². The summed E-state index contributed by atoms with van der Waals surface area (Å²) >= 11 is 0. The van der Waals surface area contributed by atoms with Gasteiger partial charge in [0.15, 0.2) is 0 Å². The van der Waals surface area contributed by atoms with Crippen molar-refractivity contribution >= 4 is 0 Å². The van der Waals surface area contributed by atoms with Crippen molar-refractivity contribution in [3.8, 4) is 0 Å². The lowest BCUT2D eigenvalue weighted by molar-refractivity contribution is 0.129. The summed E-state index contributed by atoms with van der Waals surface area (Å²) in [5.41, 5.74) is 3.44. The van der Waals surface area contributed by atoms with Crippen molar-refractivity contribution in [3.63, 3.8) is 0 Å². The molecule has 0 bridgehead atoms. The second kappa shape index (κ2) is 3.83. The van der Waals surface area contributed by atoms with Crippen LogP contribution in [0.4, 0.5) is 0 Å². The molecule has 2 fully saturated rings. The standard InChI is InChI=1S/C15H23N3/c1-15(6-2-7-15)10-18-13-5-8-16-9-12(13)17-14(18)11-3-4-11/h11,16H,2-10H2,1H3. The van der Waals surface area contributed by atoms with Gasteiger partial charge in [-0.2, -0.15) is 0 Å². The molecule has 2 heterocycles. The predicted octanol–water partition coefficient (Wildman–Crippen LogP) is 2.60. The lowest BCUT2D eigenvalue weighted by atomic mass is 9.70. The number of aromatic nitrogens is 2. The molecule has 2 saturated carbocycles. The highest BCUT2D eigenvalue weighted by Gasteiger charge is 2.37. The molecule has 98 valence electrons. The van der Waals surface area contributed by atoms with Crippen LogP contribution in [0.1, 0.15) is 62.2 Å². The number of rotatable bonds is 3. The van der Waals surface area contributed by atoms with E-state index >= 15 is 0 Å². The monoisotopic (exact) mass is 245 g/mol. The molecule has 1 N–H and O–H groups in total. The van der Waals surface area contributed by atoms with Gasteiger partial charge in [-0.15, -0.1) is 0 Å². The molecule has 0 saturated heterocycles. The van der Waals surface area contributed by atoms with Crippen molar-refractivity contribution in [3.05, 3.63) is 17.2 Å². The van der Waals surface area contributed by atoms with Crippen LogP contribution >= 0.6 is 0 Å². The molecule has 0 spiro atoms. The van der Waals surface area contributed by atoms with Crippen LogP contribution in [-0.4, -0.2) is 16.1 Å². The summed E-state index contributed by atoms with van der Waals surface area (Å²) in [6.45, 7) is 5.79. The molecular weight excluding hydrogens is 222 g/mol. The van der Waals surface area contributed by atoms with Crippen LogP contribution in [0.2, 0.25) is 0 Å². The maximum Gasteiger partial charge on any atom is 0.112 e. The van der Waals surface area contributed by atoms with Crippen LogP contribution in [0.3, 0.4) is 0 Å². The van der Waals surface area contributed by atoms with Crippen LogP contribution < -0.4 is 5.32 Å². The molecule has 3 heteroatoms. The normalized spacial score (nSPS) is 25.6. The third-order valence-corrected chi connectivity index (χ3v) is 5.06. The maximum absolute atomic E-state index is 4.96. The van der Waals surface area contributed by atoms with Gasteiger partial charge in [0.25, 0.3) is 0 Å². The van der Waals surface area contributed by atoms with E-state index in [0.717, 1.165) is 19.0 Å². The van der Waals surface area contributed by atoms with Crippen LogP contribution in [0.25, 0.3) is 0 Å². The minimum atomic E-state index is 0.559. The fourth-order valence-corrected chi connectivity index (χ4v) is 3.54. The van der Waals surface area contributed by atoms with Crippen molar-refractivity contribution in [1.82, 2.24) is 14.9 Å². The smallest absolute Gasteiger partial charge is 0.112 e. The van der Waals surface area contributed by atoms with Gasteiger partial charge in [0.2, 0.25) is 0 Å². The molecular formula is C15H23N3. The van der Waals surface area contributed by atoms with E-state index < -0.39 is 0 Å². The van der Waals surface area contributed by atoms with E-state index in [1.165, 1.54) is 56.6 Å². The number of hydrogen-bond donors (Lipinski definition) is 1. The molecule has 0 atom stereocenters. The van der Waals surface area contributed by atoms with Gasteiger partial charge in [0, 0.05) is 37.7 Å². The summed E-state index contributed by atoms with van der Waals surface area (Å²) < 4.78 is 2.62. The summed E-state index contributed by atoms with van der Waals surface area (Å²) in [5, 5.41) is 3.46. The van der Waals surface area contributed by atoms with E-state index in [4.69, 9.17) is 4.98 Å². The highest BCUT2D eigenvalue weighted by Crippen LogP contribution is 2.45. The van der Waals surface area contributed by atoms with Crippen molar-refractivity contribution < 1.29 is 0 Å². The predicted molar refractivity (Wildman–Crippen MR) is 71.6 cm³/mol. The molecule has 3 aliphatic rings. The van der Waals surface area contributed by atoms with Crippen molar-refractivity contribution in [2.45, 2.75) is 64.5 Å². The summed E-state index contributed by atoms with van der Waals surface area (Å²) in [4.78, 5) is 4.96. The molecule has 1 aromatic rings. The Morgan fingerprint density at radius 2 is 2.22 bits per heavy atom. The van der Waals surface area contributed by atoms with Gasteiger partial charge in [-0.3, -0.25) is 0 Å². The van der Waals surface area contributed by atoms with Gasteiger partial charge in [0.1, 0.15) is 5.82 Å². The number of nitrogens with zero attached hydrogens (tertiary/aromatic N) is 2. The minimum absolute atomic E-state index is 0.559. The van der Waals surface area contributed by atoms with Crippen LogP contribution in [0, 0.1) is 5.41 Å². The van der Waals surface area contributed by atoms with E-state index in [0.29, 0.717) is 5.41 Å². The Morgan fingerprint density at radius 1 is 1.39 bits per heavy atom. The number of fused-ring (bicyclic) bond motifs is 1. The highest BCUT2D eigenvalue weighted by atomic mass is 15.1. The average molecular weight is 245 g/mol. The van der Waals surface area contributed by atoms with Crippen LogP contribution in [-0.2, 0) is 19.5 Å². The summed E-state index contributed by atoms with van der Waals surface area (Å²) in [7, 11) is 0. The van der Waals surface area contributed by atoms with E-state index in [9.17, 15) is 0 Å². The first kappa shape index (κ1) is 11.0. The largest absolute Gasteiger partial charge is 0.331 e. The molecule has 2 aliphatic carbocycles. The second-order valence-corrected chi connectivity index (χ2v) is 6.81. The Bertz CT molecular complexity index is 466. The van der Waals surface area contributed by atoms with Gasteiger partial charge in [-0.25, -0.2) is 4.98 Å². The molecule has 0 aromatic carbocycles. The van der Waals surface area contributed by atoms with E-state index in [2.05, 4.69) is 16.8 Å². The maximum atomic E-state index is 4.96. The quantitative estimate of drug-likeness (QED) is 0.887. The Morgan fingerprint density at radius 3 is 2.89 bits per heavy atom. The van der Waals surface area contributed by atoms with Crippen molar-refractivity contribution in [1.29, 1.82) is 0 Å². The van der Waals surface area contributed by atoms with Crippen LogP contribution in [0.5, 0.6) is 0 Å².